The first-order valence-corrected chi connectivity index (χ1v) is 6.01. The molecule has 21 heavy (non-hydrogen) atoms. The standard InChI is InChI=1S/C13H11F3N2O3/c14-13(15,16)10-3-8(2-1-7(10)4-17)18-11-6-21-5-9(11)12(19)20/h1-3,9,11,18H,5-6H2,(H,19,20). The number of aliphatic carboxylic acids is 1. The smallest absolute Gasteiger partial charge is 0.417 e. The van der Waals surface area contributed by atoms with Crippen LogP contribution >= 0.6 is 0 Å². The van der Waals surface area contributed by atoms with E-state index in [1.807, 2.05) is 0 Å². The zero-order chi connectivity index (χ0) is 15.6. The monoisotopic (exact) mass is 300 g/mol. The summed E-state index contributed by atoms with van der Waals surface area (Å²) < 4.78 is 43.5. The van der Waals surface area contributed by atoms with Crippen molar-refractivity contribution in [3.05, 3.63) is 29.3 Å². The predicted molar refractivity (Wildman–Crippen MR) is 65.5 cm³/mol. The van der Waals surface area contributed by atoms with Gasteiger partial charge in [-0.25, -0.2) is 0 Å². The van der Waals surface area contributed by atoms with Gasteiger partial charge in [0.05, 0.1) is 36.5 Å². The number of nitriles is 1. The van der Waals surface area contributed by atoms with Crippen molar-refractivity contribution in [1.29, 1.82) is 5.26 Å². The van der Waals surface area contributed by atoms with E-state index in [0.29, 0.717) is 0 Å². The molecule has 2 atom stereocenters. The largest absolute Gasteiger partial charge is 0.481 e. The van der Waals surface area contributed by atoms with E-state index < -0.39 is 35.2 Å². The second kappa shape index (κ2) is 5.61. The van der Waals surface area contributed by atoms with E-state index in [2.05, 4.69) is 5.32 Å². The van der Waals surface area contributed by atoms with Crippen LogP contribution in [0, 0.1) is 17.2 Å². The fourth-order valence-electron chi connectivity index (χ4n) is 2.12. The molecule has 1 aromatic rings. The highest BCUT2D eigenvalue weighted by Gasteiger charge is 2.36. The summed E-state index contributed by atoms with van der Waals surface area (Å²) in [4.78, 5) is 11.0. The van der Waals surface area contributed by atoms with Gasteiger partial charge in [0.2, 0.25) is 0 Å². The molecule has 0 bridgehead atoms. The normalized spacial score (nSPS) is 21.8. The van der Waals surface area contributed by atoms with Crippen LogP contribution in [0.5, 0.6) is 0 Å². The molecule has 112 valence electrons. The van der Waals surface area contributed by atoms with Crippen molar-refractivity contribution in [2.24, 2.45) is 5.92 Å². The Labute approximate surface area is 117 Å². The second-order valence-corrected chi connectivity index (χ2v) is 4.60. The molecule has 1 heterocycles. The van der Waals surface area contributed by atoms with Gasteiger partial charge in [0.15, 0.2) is 0 Å². The molecule has 1 saturated heterocycles. The molecule has 0 saturated carbocycles. The molecule has 0 aliphatic carbocycles. The van der Waals surface area contributed by atoms with Crippen molar-refractivity contribution < 1.29 is 27.8 Å². The molecule has 1 aliphatic rings. The lowest BCUT2D eigenvalue weighted by Crippen LogP contribution is -2.33. The Bertz CT molecular complexity index is 595. The number of nitrogens with zero attached hydrogens (tertiary/aromatic N) is 1. The molecule has 2 N–H and O–H groups in total. The van der Waals surface area contributed by atoms with Crippen LogP contribution in [-0.4, -0.2) is 30.3 Å². The molecule has 1 aliphatic heterocycles. The van der Waals surface area contributed by atoms with Gasteiger partial charge in [-0.05, 0) is 18.2 Å². The van der Waals surface area contributed by atoms with Gasteiger partial charge in [0.1, 0.15) is 5.92 Å². The first-order valence-electron chi connectivity index (χ1n) is 6.01. The van der Waals surface area contributed by atoms with E-state index in [4.69, 9.17) is 15.1 Å². The van der Waals surface area contributed by atoms with Gasteiger partial charge in [-0.1, -0.05) is 0 Å². The van der Waals surface area contributed by atoms with E-state index in [-0.39, 0.29) is 18.9 Å². The van der Waals surface area contributed by atoms with Crippen molar-refractivity contribution in [1.82, 2.24) is 0 Å². The Balaban J connectivity index is 2.26. The van der Waals surface area contributed by atoms with Crippen molar-refractivity contribution in [3.8, 4) is 6.07 Å². The van der Waals surface area contributed by atoms with E-state index in [1.165, 1.54) is 12.1 Å². The topological polar surface area (TPSA) is 82.3 Å². The van der Waals surface area contributed by atoms with Crippen molar-refractivity contribution in [2.75, 3.05) is 18.5 Å². The SMILES string of the molecule is N#Cc1ccc(NC2COCC2C(=O)O)cc1C(F)(F)F. The molecule has 0 aromatic heterocycles. The number of alkyl halides is 3. The maximum atomic E-state index is 12.8. The summed E-state index contributed by atoms with van der Waals surface area (Å²) >= 11 is 0. The van der Waals surface area contributed by atoms with E-state index in [9.17, 15) is 18.0 Å². The van der Waals surface area contributed by atoms with E-state index in [1.54, 1.807) is 0 Å². The van der Waals surface area contributed by atoms with Crippen LogP contribution in [0.4, 0.5) is 18.9 Å². The van der Waals surface area contributed by atoms with Gasteiger partial charge < -0.3 is 15.2 Å². The van der Waals surface area contributed by atoms with Crippen molar-refractivity contribution >= 4 is 11.7 Å². The summed E-state index contributed by atoms with van der Waals surface area (Å²) in [5, 5.41) is 20.4. The first-order chi connectivity index (χ1) is 9.82. The van der Waals surface area contributed by atoms with Gasteiger partial charge in [-0.3, -0.25) is 4.79 Å². The number of nitrogens with one attached hydrogen (secondary N) is 1. The highest BCUT2D eigenvalue weighted by molar-refractivity contribution is 5.72. The molecule has 2 unspecified atom stereocenters. The first kappa shape index (κ1) is 15.1. The van der Waals surface area contributed by atoms with Crippen LogP contribution in [0.3, 0.4) is 0 Å². The third-order valence-corrected chi connectivity index (χ3v) is 3.20. The number of carboxylic acid groups (broad SMARTS) is 1. The van der Waals surface area contributed by atoms with E-state index >= 15 is 0 Å². The molecule has 5 nitrogen and oxygen atoms in total. The summed E-state index contributed by atoms with van der Waals surface area (Å²) in [6.45, 7) is 0.105. The summed E-state index contributed by atoms with van der Waals surface area (Å²) in [5.41, 5.74) is -1.44. The third-order valence-electron chi connectivity index (χ3n) is 3.20. The molecule has 8 heteroatoms. The number of ether oxygens (including phenoxy) is 1. The van der Waals surface area contributed by atoms with Crippen LogP contribution in [-0.2, 0) is 15.7 Å². The van der Waals surface area contributed by atoms with Gasteiger partial charge in [-0.15, -0.1) is 0 Å². The maximum absolute atomic E-state index is 12.8. The van der Waals surface area contributed by atoms with Crippen molar-refractivity contribution in [2.45, 2.75) is 12.2 Å². The molecule has 1 aromatic carbocycles. The highest BCUT2D eigenvalue weighted by atomic mass is 19.4. The third kappa shape index (κ3) is 3.25. The Morgan fingerprint density at radius 1 is 1.43 bits per heavy atom. The van der Waals surface area contributed by atoms with Crippen LogP contribution in [0.25, 0.3) is 0 Å². The van der Waals surface area contributed by atoms with Gasteiger partial charge in [0, 0.05) is 5.69 Å². The minimum atomic E-state index is -4.65. The number of carbonyl (C=O) groups is 1. The average Bonchev–Trinajstić information content (AvgIpc) is 2.86. The predicted octanol–water partition coefficient (Wildman–Crippen LogP) is 2.09. The summed E-state index contributed by atoms with van der Waals surface area (Å²) in [6, 6.07) is 4.03. The second-order valence-electron chi connectivity index (χ2n) is 4.60. The number of benzene rings is 1. The Morgan fingerprint density at radius 3 is 2.71 bits per heavy atom. The number of carboxylic acids is 1. The Morgan fingerprint density at radius 2 is 2.14 bits per heavy atom. The van der Waals surface area contributed by atoms with Crippen LogP contribution in [0.2, 0.25) is 0 Å². The summed E-state index contributed by atoms with van der Waals surface area (Å²) in [5.74, 6) is -1.90. The van der Waals surface area contributed by atoms with Crippen LogP contribution in [0.1, 0.15) is 11.1 Å². The number of hydrogen-bond donors (Lipinski definition) is 2. The Kier molecular flexibility index (Phi) is 4.04. The lowest BCUT2D eigenvalue weighted by atomic mass is 10.0. The van der Waals surface area contributed by atoms with Gasteiger partial charge >= 0.3 is 12.1 Å². The molecular weight excluding hydrogens is 289 g/mol. The molecule has 0 spiro atoms. The molecule has 1 fully saturated rings. The minimum absolute atomic E-state index is 0.00933. The number of halogens is 3. The summed E-state index contributed by atoms with van der Waals surface area (Å²) in [7, 11) is 0. The van der Waals surface area contributed by atoms with Gasteiger partial charge in [0.25, 0.3) is 0 Å². The number of hydrogen-bond acceptors (Lipinski definition) is 4. The number of rotatable bonds is 3. The molecular formula is C13H11F3N2O3. The highest BCUT2D eigenvalue weighted by Crippen LogP contribution is 2.34. The summed E-state index contributed by atoms with van der Waals surface area (Å²) in [6.07, 6.45) is -4.65. The molecule has 0 amide bonds. The molecule has 0 radical (unpaired) electrons. The zero-order valence-electron chi connectivity index (χ0n) is 10.6. The molecule has 2 rings (SSSR count). The minimum Gasteiger partial charge on any atom is -0.481 e. The lowest BCUT2D eigenvalue weighted by Gasteiger charge is -2.18. The quantitative estimate of drug-likeness (QED) is 0.893. The van der Waals surface area contributed by atoms with Crippen LogP contribution < -0.4 is 5.32 Å². The fraction of sp³-hybridized carbons (Fsp3) is 0.385. The van der Waals surface area contributed by atoms with Crippen LogP contribution in [0.15, 0.2) is 18.2 Å². The average molecular weight is 300 g/mol. The van der Waals surface area contributed by atoms with Gasteiger partial charge in [-0.2, -0.15) is 18.4 Å². The van der Waals surface area contributed by atoms with Crippen molar-refractivity contribution in [3.63, 3.8) is 0 Å². The number of anilines is 1. The zero-order valence-corrected chi connectivity index (χ0v) is 10.6. The Hall–Kier alpha value is -2.27. The fourth-order valence-corrected chi connectivity index (χ4v) is 2.12. The van der Waals surface area contributed by atoms with E-state index in [0.717, 1.165) is 12.1 Å². The lowest BCUT2D eigenvalue weighted by molar-refractivity contribution is -0.142. The maximum Gasteiger partial charge on any atom is 0.417 e.